The molecule has 68 valence electrons. The first kappa shape index (κ1) is 8.09. The van der Waals surface area contributed by atoms with Crippen LogP contribution in [0.2, 0.25) is 0 Å². The Hall–Kier alpha value is -0.530. The van der Waals surface area contributed by atoms with Crippen molar-refractivity contribution in [1.29, 1.82) is 0 Å². The van der Waals surface area contributed by atoms with Crippen LogP contribution in [-0.4, -0.2) is 11.6 Å². The van der Waals surface area contributed by atoms with Gasteiger partial charge in [-0.1, -0.05) is 0 Å². The molecule has 12 heavy (non-hydrogen) atoms. The Bertz CT molecular complexity index is 232. The van der Waals surface area contributed by atoms with E-state index in [4.69, 9.17) is 4.74 Å². The molecule has 2 fully saturated rings. The fourth-order valence-electron chi connectivity index (χ4n) is 2.87. The van der Waals surface area contributed by atoms with Gasteiger partial charge >= 0.3 is 5.97 Å². The van der Waals surface area contributed by atoms with E-state index in [-0.39, 0.29) is 17.0 Å². The average molecular weight is 168 g/mol. The molecule has 0 N–H and O–H groups in total. The summed E-state index contributed by atoms with van der Waals surface area (Å²) in [5.74, 6) is 0.437. The van der Waals surface area contributed by atoms with E-state index in [1.54, 1.807) is 0 Å². The third kappa shape index (κ3) is 0.782. The van der Waals surface area contributed by atoms with Gasteiger partial charge in [0.25, 0.3) is 0 Å². The Morgan fingerprint density at radius 1 is 1.42 bits per heavy atom. The molecule has 1 saturated carbocycles. The molecule has 2 heteroatoms. The van der Waals surface area contributed by atoms with Crippen LogP contribution in [0, 0.1) is 11.3 Å². The predicted molar refractivity (Wildman–Crippen MR) is 45.6 cm³/mol. The highest BCUT2D eigenvalue weighted by atomic mass is 16.6. The van der Waals surface area contributed by atoms with Gasteiger partial charge in [0.15, 0.2) is 0 Å². The van der Waals surface area contributed by atoms with Gasteiger partial charge in [0.2, 0.25) is 0 Å². The molecule has 0 radical (unpaired) electrons. The van der Waals surface area contributed by atoms with Gasteiger partial charge in [-0.2, -0.15) is 0 Å². The van der Waals surface area contributed by atoms with E-state index in [9.17, 15) is 4.79 Å². The topological polar surface area (TPSA) is 26.3 Å². The van der Waals surface area contributed by atoms with Crippen molar-refractivity contribution in [2.75, 3.05) is 0 Å². The molecule has 0 unspecified atom stereocenters. The van der Waals surface area contributed by atoms with Crippen LogP contribution in [0.1, 0.15) is 40.0 Å². The van der Waals surface area contributed by atoms with E-state index in [2.05, 4.69) is 6.92 Å². The van der Waals surface area contributed by atoms with Gasteiger partial charge in [0.05, 0.1) is 5.41 Å². The first-order chi connectivity index (χ1) is 5.47. The molecule has 2 atom stereocenters. The summed E-state index contributed by atoms with van der Waals surface area (Å²) >= 11 is 0. The fraction of sp³-hybridized carbons (Fsp3) is 0.900. The monoisotopic (exact) mass is 168 g/mol. The zero-order chi connectivity index (χ0) is 8.98. The molecule has 1 saturated heterocycles. The zero-order valence-corrected chi connectivity index (χ0v) is 8.02. The largest absolute Gasteiger partial charge is 0.459 e. The molecular weight excluding hydrogens is 152 g/mol. The Labute approximate surface area is 73.3 Å². The van der Waals surface area contributed by atoms with Crippen LogP contribution in [0.5, 0.6) is 0 Å². The summed E-state index contributed by atoms with van der Waals surface area (Å²) in [5, 5.41) is 0. The number of carbonyl (C=O) groups excluding carboxylic acids is 1. The van der Waals surface area contributed by atoms with Crippen molar-refractivity contribution in [2.24, 2.45) is 11.3 Å². The van der Waals surface area contributed by atoms with Crippen LogP contribution in [0.25, 0.3) is 0 Å². The van der Waals surface area contributed by atoms with Crippen LogP contribution in [-0.2, 0) is 9.53 Å². The molecule has 0 aromatic heterocycles. The Balaban J connectivity index is 2.37. The first-order valence-electron chi connectivity index (χ1n) is 4.70. The highest BCUT2D eigenvalue weighted by Crippen LogP contribution is 2.54. The third-order valence-corrected chi connectivity index (χ3v) is 3.63. The molecule has 1 heterocycles. The third-order valence-electron chi connectivity index (χ3n) is 3.63. The SMILES string of the molecule is CC1(C)C(=O)O[C@@]2(C)CCC[C@@H]12. The zero-order valence-electron chi connectivity index (χ0n) is 8.02. The van der Waals surface area contributed by atoms with Crippen LogP contribution in [0.4, 0.5) is 0 Å². The number of esters is 1. The van der Waals surface area contributed by atoms with Gasteiger partial charge < -0.3 is 4.74 Å². The van der Waals surface area contributed by atoms with E-state index in [1.165, 1.54) is 6.42 Å². The predicted octanol–water partition coefficient (Wildman–Crippen LogP) is 2.13. The molecule has 0 aromatic rings. The second-order valence-corrected chi connectivity index (χ2v) is 4.87. The van der Waals surface area contributed by atoms with Crippen molar-refractivity contribution >= 4 is 5.97 Å². The van der Waals surface area contributed by atoms with Crippen molar-refractivity contribution in [3.05, 3.63) is 0 Å². The summed E-state index contributed by atoms with van der Waals surface area (Å²) in [6, 6.07) is 0. The molecule has 1 aliphatic carbocycles. The summed E-state index contributed by atoms with van der Waals surface area (Å²) in [7, 11) is 0. The molecule has 1 aliphatic heterocycles. The maximum Gasteiger partial charge on any atom is 0.312 e. The van der Waals surface area contributed by atoms with E-state index in [0.717, 1.165) is 12.8 Å². The number of ether oxygens (including phenoxy) is 1. The summed E-state index contributed by atoms with van der Waals surface area (Å²) in [6.45, 7) is 6.10. The standard InChI is InChI=1S/C10H16O2/c1-9(2)7-5-4-6-10(7,3)12-8(9)11/h7H,4-6H2,1-3H3/t7-,10-/m0/s1. The molecule has 2 rings (SSSR count). The van der Waals surface area contributed by atoms with Gasteiger partial charge in [0, 0.05) is 5.92 Å². The lowest BCUT2D eigenvalue weighted by Crippen LogP contribution is -2.31. The van der Waals surface area contributed by atoms with E-state index >= 15 is 0 Å². The van der Waals surface area contributed by atoms with Gasteiger partial charge in [-0.3, -0.25) is 4.79 Å². The number of rotatable bonds is 0. The Kier molecular flexibility index (Phi) is 1.37. The van der Waals surface area contributed by atoms with E-state index < -0.39 is 0 Å². The van der Waals surface area contributed by atoms with Crippen molar-refractivity contribution in [2.45, 2.75) is 45.6 Å². The molecule has 0 aromatic carbocycles. The highest BCUT2D eigenvalue weighted by molar-refractivity contribution is 5.79. The number of carbonyl (C=O) groups is 1. The molecule has 0 bridgehead atoms. The smallest absolute Gasteiger partial charge is 0.312 e. The van der Waals surface area contributed by atoms with Crippen LogP contribution in [0.3, 0.4) is 0 Å². The molecule has 2 nitrogen and oxygen atoms in total. The van der Waals surface area contributed by atoms with Crippen molar-refractivity contribution in [1.82, 2.24) is 0 Å². The van der Waals surface area contributed by atoms with Crippen LogP contribution in [0.15, 0.2) is 0 Å². The minimum atomic E-state index is -0.245. The van der Waals surface area contributed by atoms with Crippen molar-refractivity contribution < 1.29 is 9.53 Å². The van der Waals surface area contributed by atoms with E-state index in [0.29, 0.717) is 5.92 Å². The van der Waals surface area contributed by atoms with Gasteiger partial charge in [0.1, 0.15) is 5.60 Å². The summed E-state index contributed by atoms with van der Waals surface area (Å²) in [6.07, 6.45) is 3.40. The van der Waals surface area contributed by atoms with Crippen molar-refractivity contribution in [3.63, 3.8) is 0 Å². The molecule has 2 aliphatic rings. The minimum Gasteiger partial charge on any atom is -0.459 e. The van der Waals surface area contributed by atoms with Crippen LogP contribution < -0.4 is 0 Å². The molecule has 0 spiro atoms. The maximum absolute atomic E-state index is 11.5. The normalized spacial score (nSPS) is 44.2. The lowest BCUT2D eigenvalue weighted by Gasteiger charge is -2.25. The maximum atomic E-state index is 11.5. The first-order valence-corrected chi connectivity index (χ1v) is 4.70. The van der Waals surface area contributed by atoms with E-state index in [1.807, 2.05) is 13.8 Å². The lowest BCUT2D eigenvalue weighted by molar-refractivity contribution is -0.152. The molecule has 0 amide bonds. The number of hydrogen-bond donors (Lipinski definition) is 0. The molecular formula is C10H16O2. The quantitative estimate of drug-likeness (QED) is 0.518. The summed E-state index contributed by atoms with van der Waals surface area (Å²) in [5.41, 5.74) is -0.383. The second kappa shape index (κ2) is 2.04. The van der Waals surface area contributed by atoms with Gasteiger partial charge in [-0.15, -0.1) is 0 Å². The van der Waals surface area contributed by atoms with Gasteiger partial charge in [-0.25, -0.2) is 0 Å². The van der Waals surface area contributed by atoms with Gasteiger partial charge in [-0.05, 0) is 40.0 Å². The van der Waals surface area contributed by atoms with Crippen molar-refractivity contribution in [3.8, 4) is 0 Å². The highest BCUT2D eigenvalue weighted by Gasteiger charge is 2.59. The summed E-state index contributed by atoms with van der Waals surface area (Å²) in [4.78, 5) is 11.5. The number of fused-ring (bicyclic) bond motifs is 1. The number of hydrogen-bond acceptors (Lipinski definition) is 2. The van der Waals surface area contributed by atoms with Crippen LogP contribution >= 0.6 is 0 Å². The minimum absolute atomic E-state index is 0.00491. The fourth-order valence-corrected chi connectivity index (χ4v) is 2.87. The summed E-state index contributed by atoms with van der Waals surface area (Å²) < 4.78 is 5.45. The Morgan fingerprint density at radius 2 is 2.08 bits per heavy atom. The lowest BCUT2D eigenvalue weighted by atomic mass is 9.75. The average Bonchev–Trinajstić information content (AvgIpc) is 2.36. The second-order valence-electron chi connectivity index (χ2n) is 4.87. The Morgan fingerprint density at radius 3 is 2.67 bits per heavy atom.